The topological polar surface area (TPSA) is 57.8 Å². The smallest absolute Gasteiger partial charge is 0.271 e. The van der Waals surface area contributed by atoms with Crippen molar-refractivity contribution < 1.29 is 4.79 Å². The summed E-state index contributed by atoms with van der Waals surface area (Å²) < 4.78 is 0. The number of rotatable bonds is 5. The van der Waals surface area contributed by atoms with Gasteiger partial charge in [0.15, 0.2) is 0 Å². The number of hydrogen-bond donors (Lipinski definition) is 2. The summed E-state index contributed by atoms with van der Waals surface area (Å²) in [5.74, 6) is 1.84. The van der Waals surface area contributed by atoms with Crippen molar-refractivity contribution in [3.63, 3.8) is 0 Å². The number of hydrogen-bond acceptors (Lipinski definition) is 2. The number of fused-ring (bicyclic) bond motifs is 3. The van der Waals surface area contributed by atoms with Gasteiger partial charge in [0, 0.05) is 18.7 Å². The highest BCUT2D eigenvalue weighted by atomic mass is 16.1. The second-order valence-electron chi connectivity index (χ2n) is 7.41. The van der Waals surface area contributed by atoms with Crippen LogP contribution in [-0.4, -0.2) is 22.6 Å². The van der Waals surface area contributed by atoms with Gasteiger partial charge in [0.05, 0.1) is 0 Å². The van der Waals surface area contributed by atoms with E-state index < -0.39 is 0 Å². The molecule has 3 atom stereocenters. The van der Waals surface area contributed by atoms with E-state index in [2.05, 4.69) is 51.9 Å². The van der Waals surface area contributed by atoms with E-state index in [1.807, 2.05) is 24.3 Å². The molecule has 26 heavy (non-hydrogen) atoms. The molecule has 2 aliphatic carbocycles. The minimum atomic E-state index is -0.0844. The van der Waals surface area contributed by atoms with Crippen LogP contribution < -0.4 is 5.32 Å². The van der Waals surface area contributed by atoms with Crippen LogP contribution in [0, 0.1) is 11.8 Å². The SMILES string of the molecule is O=C(NCC1C2Cc3ccccc3C12)c1cc(Cc2ccccc2)[nH]n1. The molecule has 0 bridgehead atoms. The van der Waals surface area contributed by atoms with Crippen molar-refractivity contribution in [3.05, 3.63) is 88.7 Å². The zero-order chi connectivity index (χ0) is 17.5. The van der Waals surface area contributed by atoms with Gasteiger partial charge in [-0.05, 0) is 46.9 Å². The number of aromatic amines is 1. The van der Waals surface area contributed by atoms with Crippen LogP contribution in [-0.2, 0) is 12.8 Å². The maximum atomic E-state index is 12.4. The molecule has 4 heteroatoms. The van der Waals surface area contributed by atoms with Crippen molar-refractivity contribution in [1.29, 1.82) is 0 Å². The summed E-state index contributed by atoms with van der Waals surface area (Å²) in [6, 6.07) is 20.7. The van der Waals surface area contributed by atoms with Gasteiger partial charge < -0.3 is 5.32 Å². The Hall–Kier alpha value is -2.88. The van der Waals surface area contributed by atoms with E-state index in [1.54, 1.807) is 0 Å². The predicted molar refractivity (Wildman–Crippen MR) is 100 cm³/mol. The van der Waals surface area contributed by atoms with Crippen LogP contribution in [0.25, 0.3) is 0 Å². The summed E-state index contributed by atoms with van der Waals surface area (Å²) in [6.07, 6.45) is 1.91. The molecule has 5 rings (SSSR count). The zero-order valence-electron chi connectivity index (χ0n) is 14.5. The van der Waals surface area contributed by atoms with Crippen molar-refractivity contribution in [2.24, 2.45) is 11.8 Å². The van der Waals surface area contributed by atoms with E-state index in [4.69, 9.17) is 0 Å². The van der Waals surface area contributed by atoms with E-state index in [0.717, 1.165) is 25.1 Å². The van der Waals surface area contributed by atoms with Gasteiger partial charge in [-0.15, -0.1) is 0 Å². The molecule has 0 saturated heterocycles. The van der Waals surface area contributed by atoms with E-state index >= 15 is 0 Å². The van der Waals surface area contributed by atoms with E-state index in [-0.39, 0.29) is 5.91 Å². The van der Waals surface area contributed by atoms with Crippen LogP contribution in [0.4, 0.5) is 0 Å². The molecule has 1 aromatic heterocycles. The molecule has 0 aliphatic heterocycles. The monoisotopic (exact) mass is 343 g/mol. The maximum Gasteiger partial charge on any atom is 0.271 e. The lowest BCUT2D eigenvalue weighted by molar-refractivity contribution is 0.0946. The third-order valence-electron chi connectivity index (χ3n) is 5.80. The number of carbonyl (C=O) groups is 1. The minimum absolute atomic E-state index is 0.0844. The third kappa shape index (κ3) is 2.71. The average molecular weight is 343 g/mol. The first-order chi connectivity index (χ1) is 12.8. The second kappa shape index (κ2) is 6.13. The maximum absolute atomic E-state index is 12.4. The highest BCUT2D eigenvalue weighted by Gasteiger charge is 2.55. The number of benzene rings is 2. The number of carbonyl (C=O) groups excluding carboxylic acids is 1. The summed E-state index contributed by atoms with van der Waals surface area (Å²) >= 11 is 0. The number of amides is 1. The largest absolute Gasteiger partial charge is 0.350 e. The third-order valence-corrected chi connectivity index (χ3v) is 5.80. The molecular formula is C22H21N3O. The van der Waals surface area contributed by atoms with Crippen LogP contribution in [0.3, 0.4) is 0 Å². The van der Waals surface area contributed by atoms with E-state index in [0.29, 0.717) is 23.4 Å². The van der Waals surface area contributed by atoms with Crippen LogP contribution in [0.5, 0.6) is 0 Å². The first-order valence-electron chi connectivity index (χ1n) is 9.24. The molecule has 1 saturated carbocycles. The van der Waals surface area contributed by atoms with Gasteiger partial charge in [0.1, 0.15) is 5.69 Å². The lowest BCUT2D eigenvalue weighted by atomic mass is 10.0. The molecule has 4 nitrogen and oxygen atoms in total. The van der Waals surface area contributed by atoms with Crippen LogP contribution in [0.2, 0.25) is 0 Å². The molecule has 0 spiro atoms. The lowest BCUT2D eigenvalue weighted by Crippen LogP contribution is -2.27. The first kappa shape index (κ1) is 15.4. The Morgan fingerprint density at radius 1 is 1.12 bits per heavy atom. The van der Waals surface area contributed by atoms with Crippen molar-refractivity contribution in [1.82, 2.24) is 15.5 Å². The Morgan fingerprint density at radius 3 is 2.81 bits per heavy atom. The fourth-order valence-corrected chi connectivity index (χ4v) is 4.45. The Balaban J connectivity index is 1.18. The molecule has 3 aromatic rings. The first-order valence-corrected chi connectivity index (χ1v) is 9.24. The highest BCUT2D eigenvalue weighted by molar-refractivity contribution is 5.92. The van der Waals surface area contributed by atoms with Gasteiger partial charge in [-0.1, -0.05) is 54.6 Å². The lowest BCUT2D eigenvalue weighted by Gasteiger charge is -2.08. The number of nitrogens with zero attached hydrogens (tertiary/aromatic N) is 1. The Kier molecular flexibility index (Phi) is 3.63. The van der Waals surface area contributed by atoms with E-state index in [1.165, 1.54) is 16.7 Å². The predicted octanol–water partition coefficient (Wildman–Crippen LogP) is 3.32. The molecule has 3 unspecified atom stereocenters. The van der Waals surface area contributed by atoms with Gasteiger partial charge >= 0.3 is 0 Å². The molecule has 0 radical (unpaired) electrons. The molecule has 2 aliphatic rings. The van der Waals surface area contributed by atoms with Gasteiger partial charge in [-0.3, -0.25) is 9.89 Å². The van der Waals surface area contributed by atoms with Gasteiger partial charge in [0.2, 0.25) is 0 Å². The second-order valence-corrected chi connectivity index (χ2v) is 7.41. The van der Waals surface area contributed by atoms with Crippen molar-refractivity contribution in [3.8, 4) is 0 Å². The van der Waals surface area contributed by atoms with Crippen molar-refractivity contribution in [2.75, 3.05) is 6.54 Å². The fraction of sp³-hybridized carbons (Fsp3) is 0.273. The van der Waals surface area contributed by atoms with Gasteiger partial charge in [0.25, 0.3) is 5.91 Å². The summed E-state index contributed by atoms with van der Waals surface area (Å²) in [4.78, 5) is 12.4. The normalized spacial score (nSPS) is 22.5. The minimum Gasteiger partial charge on any atom is -0.350 e. The fourth-order valence-electron chi connectivity index (χ4n) is 4.45. The summed E-state index contributed by atoms with van der Waals surface area (Å²) in [7, 11) is 0. The summed E-state index contributed by atoms with van der Waals surface area (Å²) in [6.45, 7) is 0.739. The zero-order valence-corrected chi connectivity index (χ0v) is 14.5. The Bertz CT molecular complexity index is 947. The molecular weight excluding hydrogens is 322 g/mol. The standard InChI is InChI=1S/C22H21N3O/c26-22(20-12-16(24-25-20)10-14-6-2-1-3-7-14)23-13-19-18-11-15-8-4-5-9-17(15)21(18)19/h1-9,12,18-19,21H,10-11,13H2,(H,23,26)(H,24,25). The molecule has 2 N–H and O–H groups in total. The van der Waals surface area contributed by atoms with E-state index in [9.17, 15) is 4.79 Å². The van der Waals surface area contributed by atoms with Crippen LogP contribution >= 0.6 is 0 Å². The van der Waals surface area contributed by atoms with Crippen molar-refractivity contribution in [2.45, 2.75) is 18.8 Å². The Morgan fingerprint density at radius 2 is 1.92 bits per heavy atom. The Labute approximate surface area is 152 Å². The number of nitrogens with one attached hydrogen (secondary N) is 2. The summed E-state index contributed by atoms with van der Waals surface area (Å²) in [5.41, 5.74) is 5.61. The number of H-pyrrole nitrogens is 1. The molecule has 130 valence electrons. The molecule has 1 amide bonds. The molecule has 1 heterocycles. The number of aromatic nitrogens is 2. The molecule has 1 fully saturated rings. The van der Waals surface area contributed by atoms with Gasteiger partial charge in [-0.25, -0.2) is 0 Å². The highest BCUT2D eigenvalue weighted by Crippen LogP contribution is 2.60. The van der Waals surface area contributed by atoms with Crippen LogP contribution in [0.1, 0.15) is 38.8 Å². The van der Waals surface area contributed by atoms with Crippen LogP contribution in [0.15, 0.2) is 60.7 Å². The summed E-state index contributed by atoms with van der Waals surface area (Å²) in [5, 5.41) is 10.2. The van der Waals surface area contributed by atoms with Gasteiger partial charge in [-0.2, -0.15) is 5.10 Å². The average Bonchev–Trinajstić information content (AvgIpc) is 3.00. The molecule has 2 aromatic carbocycles. The van der Waals surface area contributed by atoms with Crippen molar-refractivity contribution >= 4 is 5.91 Å². The quantitative estimate of drug-likeness (QED) is 0.747.